The molecule has 0 atom stereocenters. The second-order valence-electron chi connectivity index (χ2n) is 4.54. The number of fused-ring (bicyclic) bond motifs is 1. The third-order valence-electron chi connectivity index (χ3n) is 2.69. The van der Waals surface area contributed by atoms with Gasteiger partial charge in [-0.05, 0) is 26.0 Å². The van der Waals surface area contributed by atoms with Gasteiger partial charge in [0.15, 0.2) is 17.6 Å². The zero-order valence-corrected chi connectivity index (χ0v) is 10.8. The zero-order chi connectivity index (χ0) is 13.1. The van der Waals surface area contributed by atoms with E-state index < -0.39 is 0 Å². The van der Waals surface area contributed by atoms with E-state index in [2.05, 4.69) is 11.9 Å². The van der Waals surface area contributed by atoms with E-state index in [1.165, 1.54) is 0 Å². The molecule has 0 spiro atoms. The maximum absolute atomic E-state index is 11.8. The highest BCUT2D eigenvalue weighted by molar-refractivity contribution is 5.77. The quantitative estimate of drug-likeness (QED) is 0.814. The van der Waals surface area contributed by atoms with Crippen LogP contribution in [0.5, 0.6) is 0 Å². The molecule has 0 saturated heterocycles. The lowest BCUT2D eigenvalue weighted by molar-refractivity contribution is -0.659. The van der Waals surface area contributed by atoms with Crippen LogP contribution in [-0.2, 0) is 11.3 Å². The van der Waals surface area contributed by atoms with E-state index in [0.717, 1.165) is 11.0 Å². The van der Waals surface area contributed by atoms with Gasteiger partial charge in [0.2, 0.25) is 6.33 Å². The molecule has 4 heteroatoms. The molecule has 0 saturated carbocycles. The summed E-state index contributed by atoms with van der Waals surface area (Å²) >= 11 is 0. The normalized spacial score (nSPS) is 10.8. The van der Waals surface area contributed by atoms with Gasteiger partial charge in [0.1, 0.15) is 0 Å². The summed E-state index contributed by atoms with van der Waals surface area (Å²) < 4.78 is 3.84. The third-order valence-corrected chi connectivity index (χ3v) is 2.69. The van der Waals surface area contributed by atoms with Crippen LogP contribution in [0.25, 0.3) is 17.2 Å². The number of hydrogen-bond acceptors (Lipinski definition) is 1. The molecule has 18 heavy (non-hydrogen) atoms. The molecule has 0 radical (unpaired) electrons. The number of imidazole rings is 1. The molecule has 1 heterocycles. The van der Waals surface area contributed by atoms with Crippen molar-refractivity contribution in [3.05, 3.63) is 37.2 Å². The van der Waals surface area contributed by atoms with Crippen molar-refractivity contribution in [3.8, 4) is 0 Å². The van der Waals surface area contributed by atoms with Crippen LogP contribution < -0.4 is 9.88 Å². The summed E-state index contributed by atoms with van der Waals surface area (Å²) in [6, 6.07) is 8.10. The Kier molecular flexibility index (Phi) is 3.46. The molecule has 4 nitrogen and oxygen atoms in total. The fourth-order valence-corrected chi connectivity index (χ4v) is 1.99. The minimum atomic E-state index is 0.0157. The number of hydrogen-bond donors (Lipinski definition) is 1. The lowest BCUT2D eigenvalue weighted by Crippen LogP contribution is -2.44. The highest BCUT2D eigenvalue weighted by atomic mass is 16.2. The summed E-state index contributed by atoms with van der Waals surface area (Å²) in [5, 5.41) is 2.89. The van der Waals surface area contributed by atoms with Crippen LogP contribution in [0.2, 0.25) is 0 Å². The van der Waals surface area contributed by atoms with E-state index in [4.69, 9.17) is 0 Å². The number of carbonyl (C=O) groups is 1. The first-order valence-corrected chi connectivity index (χ1v) is 6.02. The first-order chi connectivity index (χ1) is 8.61. The second-order valence-corrected chi connectivity index (χ2v) is 4.54. The van der Waals surface area contributed by atoms with Crippen LogP contribution in [0.4, 0.5) is 0 Å². The van der Waals surface area contributed by atoms with Crippen molar-refractivity contribution in [1.82, 2.24) is 9.88 Å². The number of benzene rings is 1. The van der Waals surface area contributed by atoms with Gasteiger partial charge < -0.3 is 5.32 Å². The highest BCUT2D eigenvalue weighted by Gasteiger charge is 2.16. The lowest BCUT2D eigenvalue weighted by atomic mass is 10.3. The summed E-state index contributed by atoms with van der Waals surface area (Å²) in [7, 11) is 0. The maximum Gasteiger partial charge on any atom is 0.262 e. The van der Waals surface area contributed by atoms with Crippen molar-refractivity contribution < 1.29 is 9.36 Å². The Hall–Kier alpha value is -2.10. The van der Waals surface area contributed by atoms with Gasteiger partial charge >= 0.3 is 0 Å². The minimum absolute atomic E-state index is 0.0157. The fraction of sp³-hybridized carbons (Fsp3) is 0.286. The SMILES string of the molecule is C=Cn1c[n+](CC(=O)NC(C)C)c2ccccc21. The Morgan fingerprint density at radius 1 is 1.50 bits per heavy atom. The monoisotopic (exact) mass is 244 g/mol. The number of nitrogens with zero attached hydrogens (tertiary/aromatic N) is 2. The van der Waals surface area contributed by atoms with Gasteiger partial charge in [0, 0.05) is 6.04 Å². The summed E-state index contributed by atoms with van der Waals surface area (Å²) in [6.07, 6.45) is 3.62. The Morgan fingerprint density at radius 2 is 2.22 bits per heavy atom. The van der Waals surface area contributed by atoms with Gasteiger partial charge in [-0.3, -0.25) is 4.79 Å². The standard InChI is InChI=1S/C14H17N3O/c1-4-16-10-17(9-14(18)15-11(2)3)13-8-6-5-7-12(13)16/h4-8,10-11H,1,9H2,2-3H3/p+1. The predicted molar refractivity (Wildman–Crippen MR) is 71.8 cm³/mol. The first-order valence-electron chi connectivity index (χ1n) is 6.02. The average Bonchev–Trinajstić information content (AvgIpc) is 2.67. The number of para-hydroxylation sites is 2. The summed E-state index contributed by atoms with van der Waals surface area (Å²) in [5.41, 5.74) is 2.07. The molecule has 0 aliphatic carbocycles. The van der Waals surface area contributed by atoms with Crippen LogP contribution in [0.1, 0.15) is 13.8 Å². The fourth-order valence-electron chi connectivity index (χ4n) is 1.99. The first kappa shape index (κ1) is 12.4. The van der Waals surface area contributed by atoms with E-state index in [9.17, 15) is 4.79 Å². The molecular weight excluding hydrogens is 226 g/mol. The average molecular weight is 244 g/mol. The Morgan fingerprint density at radius 3 is 2.89 bits per heavy atom. The van der Waals surface area contributed by atoms with Crippen LogP contribution >= 0.6 is 0 Å². The van der Waals surface area contributed by atoms with Gasteiger partial charge in [0.05, 0.1) is 6.20 Å². The third kappa shape index (κ3) is 2.42. The van der Waals surface area contributed by atoms with E-state index in [1.54, 1.807) is 6.20 Å². The minimum Gasteiger partial charge on any atom is -0.351 e. The molecule has 0 bridgehead atoms. The van der Waals surface area contributed by atoms with Crippen LogP contribution in [0.15, 0.2) is 37.2 Å². The van der Waals surface area contributed by atoms with Crippen molar-refractivity contribution in [2.75, 3.05) is 0 Å². The number of rotatable bonds is 4. The molecule has 1 aromatic carbocycles. The summed E-state index contributed by atoms with van der Waals surface area (Å²) in [5.74, 6) is 0.0157. The number of carbonyl (C=O) groups excluding carboxylic acids is 1. The predicted octanol–water partition coefficient (Wildman–Crippen LogP) is 1.55. The Balaban J connectivity index is 2.33. The van der Waals surface area contributed by atoms with Crippen LogP contribution in [-0.4, -0.2) is 16.5 Å². The van der Waals surface area contributed by atoms with Crippen LogP contribution in [0.3, 0.4) is 0 Å². The van der Waals surface area contributed by atoms with Crippen LogP contribution in [0, 0.1) is 0 Å². The molecule has 94 valence electrons. The molecule has 0 fully saturated rings. The van der Waals surface area contributed by atoms with Gasteiger partial charge in [-0.1, -0.05) is 18.7 Å². The Bertz CT molecular complexity index is 584. The molecule has 1 amide bonds. The van der Waals surface area contributed by atoms with Crippen molar-refractivity contribution in [2.24, 2.45) is 0 Å². The maximum atomic E-state index is 11.8. The van der Waals surface area contributed by atoms with Gasteiger partial charge in [-0.15, -0.1) is 0 Å². The molecule has 0 aliphatic rings. The van der Waals surface area contributed by atoms with Crippen molar-refractivity contribution >= 4 is 23.1 Å². The number of nitrogens with one attached hydrogen (secondary N) is 1. The Labute approximate surface area is 107 Å². The summed E-state index contributed by atoms with van der Waals surface area (Å²) in [4.78, 5) is 11.8. The lowest BCUT2D eigenvalue weighted by Gasteiger charge is -2.06. The largest absolute Gasteiger partial charge is 0.351 e. The molecule has 1 N–H and O–H groups in total. The van der Waals surface area contributed by atoms with E-state index >= 15 is 0 Å². The van der Waals surface area contributed by atoms with E-state index in [-0.39, 0.29) is 11.9 Å². The van der Waals surface area contributed by atoms with Gasteiger partial charge in [-0.2, -0.15) is 0 Å². The van der Waals surface area contributed by atoms with Crippen molar-refractivity contribution in [2.45, 2.75) is 26.4 Å². The number of aromatic nitrogens is 2. The molecule has 0 unspecified atom stereocenters. The zero-order valence-electron chi connectivity index (χ0n) is 10.8. The van der Waals surface area contributed by atoms with Crippen molar-refractivity contribution in [1.29, 1.82) is 0 Å². The van der Waals surface area contributed by atoms with Crippen molar-refractivity contribution in [3.63, 3.8) is 0 Å². The topological polar surface area (TPSA) is 37.9 Å². The number of amides is 1. The van der Waals surface area contributed by atoms with Gasteiger partial charge in [0.25, 0.3) is 5.91 Å². The molecular formula is C14H18N3O+. The van der Waals surface area contributed by atoms with E-state index in [1.807, 2.05) is 53.6 Å². The second kappa shape index (κ2) is 5.04. The van der Waals surface area contributed by atoms with E-state index in [0.29, 0.717) is 6.54 Å². The molecule has 2 rings (SSSR count). The molecule has 1 aromatic heterocycles. The molecule has 2 aromatic rings. The summed E-state index contributed by atoms with van der Waals surface area (Å²) in [6.45, 7) is 8.00. The van der Waals surface area contributed by atoms with Gasteiger partial charge in [-0.25, -0.2) is 9.13 Å². The smallest absolute Gasteiger partial charge is 0.262 e. The highest BCUT2D eigenvalue weighted by Crippen LogP contribution is 2.10. The molecule has 0 aliphatic heterocycles.